The Kier molecular flexibility index (Phi) is 5.07. The maximum atomic E-state index is 4.52. The quantitative estimate of drug-likeness (QED) is 0.298. The zero-order valence-electron chi connectivity index (χ0n) is 17.6. The van der Waals surface area contributed by atoms with Crippen molar-refractivity contribution >= 4 is 44.0 Å². The molecule has 1 atom stereocenters. The van der Waals surface area contributed by atoms with Crippen molar-refractivity contribution in [1.29, 1.82) is 0 Å². The molecule has 0 aliphatic carbocycles. The molecule has 2 aromatic carbocycles. The SMILES string of the molecule is c1nc(Nc2ccc3[nH]ccc3c2)c2sc(-c3ccc(CNC4CCNC4)cc3)cc2n1. The van der Waals surface area contributed by atoms with Crippen molar-refractivity contribution in [2.45, 2.75) is 19.0 Å². The molecule has 1 unspecified atom stereocenters. The number of hydrogen-bond acceptors (Lipinski definition) is 6. The maximum Gasteiger partial charge on any atom is 0.151 e. The Labute approximate surface area is 190 Å². The number of thiophene rings is 1. The van der Waals surface area contributed by atoms with E-state index in [4.69, 9.17) is 0 Å². The molecule has 5 aromatic rings. The largest absolute Gasteiger partial charge is 0.361 e. The number of nitrogens with zero attached hydrogens (tertiary/aromatic N) is 2. The standard InChI is InChI=1S/C25H24N6S/c1-3-17(4-2-16(1)13-28-20-8-9-26-14-20)23-12-22-24(32-23)25(30-15-29-22)31-19-5-6-21-18(11-19)7-10-27-21/h1-7,10-12,15,20,26-28H,8-9,13-14H2,(H,29,30,31). The van der Waals surface area contributed by atoms with Gasteiger partial charge < -0.3 is 20.9 Å². The number of rotatable bonds is 6. The lowest BCUT2D eigenvalue weighted by Gasteiger charge is -2.11. The van der Waals surface area contributed by atoms with E-state index in [0.29, 0.717) is 6.04 Å². The van der Waals surface area contributed by atoms with Gasteiger partial charge in [0.2, 0.25) is 0 Å². The van der Waals surface area contributed by atoms with Gasteiger partial charge in [0.1, 0.15) is 6.33 Å². The Balaban J connectivity index is 1.23. The molecule has 0 spiro atoms. The Morgan fingerprint density at radius 3 is 2.84 bits per heavy atom. The summed E-state index contributed by atoms with van der Waals surface area (Å²) in [7, 11) is 0. The number of fused-ring (bicyclic) bond motifs is 2. The van der Waals surface area contributed by atoms with E-state index in [1.54, 1.807) is 17.7 Å². The van der Waals surface area contributed by atoms with Gasteiger partial charge in [0.25, 0.3) is 0 Å². The van der Waals surface area contributed by atoms with Gasteiger partial charge in [0.05, 0.1) is 10.2 Å². The van der Waals surface area contributed by atoms with Crippen LogP contribution in [0.25, 0.3) is 31.6 Å². The van der Waals surface area contributed by atoms with Crippen molar-refractivity contribution < 1.29 is 0 Å². The van der Waals surface area contributed by atoms with E-state index in [-0.39, 0.29) is 0 Å². The number of aromatic amines is 1. The molecule has 7 heteroatoms. The van der Waals surface area contributed by atoms with Gasteiger partial charge in [-0.3, -0.25) is 0 Å². The Bertz CT molecular complexity index is 1360. The summed E-state index contributed by atoms with van der Waals surface area (Å²) in [4.78, 5) is 13.4. The molecule has 0 amide bonds. The van der Waals surface area contributed by atoms with Crippen LogP contribution in [0.15, 0.2) is 67.1 Å². The van der Waals surface area contributed by atoms with Crippen molar-refractivity contribution in [3.05, 3.63) is 72.7 Å². The van der Waals surface area contributed by atoms with Crippen LogP contribution in [0.1, 0.15) is 12.0 Å². The predicted octanol–water partition coefficient (Wildman–Crippen LogP) is 5.03. The van der Waals surface area contributed by atoms with Crippen molar-refractivity contribution in [2.75, 3.05) is 18.4 Å². The third-order valence-corrected chi connectivity index (χ3v) is 7.20. The fourth-order valence-corrected chi connectivity index (χ4v) is 5.29. The van der Waals surface area contributed by atoms with Crippen LogP contribution in [0, 0.1) is 0 Å². The molecule has 0 bridgehead atoms. The van der Waals surface area contributed by atoms with E-state index < -0.39 is 0 Å². The van der Waals surface area contributed by atoms with Crippen LogP contribution < -0.4 is 16.0 Å². The monoisotopic (exact) mass is 440 g/mol. The second-order valence-electron chi connectivity index (χ2n) is 8.22. The first-order valence-corrected chi connectivity index (χ1v) is 11.8. The molecule has 1 aliphatic rings. The molecule has 160 valence electrons. The van der Waals surface area contributed by atoms with Gasteiger partial charge in [-0.1, -0.05) is 24.3 Å². The first-order chi connectivity index (χ1) is 15.8. The summed E-state index contributed by atoms with van der Waals surface area (Å²) >= 11 is 1.72. The highest BCUT2D eigenvalue weighted by molar-refractivity contribution is 7.22. The zero-order valence-corrected chi connectivity index (χ0v) is 18.4. The number of benzene rings is 2. The van der Waals surface area contributed by atoms with Crippen LogP contribution in [0.4, 0.5) is 11.5 Å². The van der Waals surface area contributed by atoms with Crippen molar-refractivity contribution in [2.24, 2.45) is 0 Å². The van der Waals surface area contributed by atoms with E-state index >= 15 is 0 Å². The molecule has 0 radical (unpaired) electrons. The molecule has 6 nitrogen and oxygen atoms in total. The lowest BCUT2D eigenvalue weighted by Crippen LogP contribution is -2.30. The minimum atomic E-state index is 0.583. The molecule has 3 aromatic heterocycles. The van der Waals surface area contributed by atoms with E-state index in [1.165, 1.54) is 27.8 Å². The van der Waals surface area contributed by atoms with Crippen molar-refractivity contribution in [3.8, 4) is 10.4 Å². The van der Waals surface area contributed by atoms with E-state index in [1.807, 2.05) is 6.20 Å². The molecule has 4 heterocycles. The van der Waals surface area contributed by atoms with Gasteiger partial charge in [-0.05, 0) is 54.4 Å². The molecule has 1 aliphatic heterocycles. The summed E-state index contributed by atoms with van der Waals surface area (Å²) in [6.45, 7) is 3.09. The highest BCUT2D eigenvalue weighted by atomic mass is 32.1. The van der Waals surface area contributed by atoms with Crippen LogP contribution >= 0.6 is 11.3 Å². The molecular weight excluding hydrogens is 416 g/mol. The smallest absolute Gasteiger partial charge is 0.151 e. The third kappa shape index (κ3) is 3.86. The minimum Gasteiger partial charge on any atom is -0.361 e. The minimum absolute atomic E-state index is 0.583. The summed E-state index contributed by atoms with van der Waals surface area (Å²) in [6, 6.07) is 19.9. The summed E-state index contributed by atoms with van der Waals surface area (Å²) in [5.41, 5.74) is 5.62. The van der Waals surface area contributed by atoms with Crippen LogP contribution in [0.5, 0.6) is 0 Å². The number of nitrogens with one attached hydrogen (secondary N) is 4. The normalized spacial score (nSPS) is 16.2. The molecule has 0 saturated carbocycles. The molecule has 32 heavy (non-hydrogen) atoms. The molecule has 6 rings (SSSR count). The average Bonchev–Trinajstić information content (AvgIpc) is 3.58. The van der Waals surface area contributed by atoms with Crippen molar-refractivity contribution in [3.63, 3.8) is 0 Å². The Morgan fingerprint density at radius 1 is 1.03 bits per heavy atom. The average molecular weight is 441 g/mol. The van der Waals surface area contributed by atoms with Gasteiger partial charge in [-0.25, -0.2) is 9.97 Å². The van der Waals surface area contributed by atoms with Crippen LogP contribution in [0.2, 0.25) is 0 Å². The summed E-state index contributed by atoms with van der Waals surface area (Å²) in [5, 5.41) is 11.7. The Hall–Kier alpha value is -3.26. The zero-order chi connectivity index (χ0) is 21.3. The topological polar surface area (TPSA) is 77.7 Å². The van der Waals surface area contributed by atoms with Gasteiger partial charge in [-0.15, -0.1) is 11.3 Å². The molecule has 1 fully saturated rings. The van der Waals surface area contributed by atoms with Crippen LogP contribution in [-0.2, 0) is 6.54 Å². The van der Waals surface area contributed by atoms with Gasteiger partial charge in [0.15, 0.2) is 5.82 Å². The fraction of sp³-hybridized carbons (Fsp3) is 0.200. The highest BCUT2D eigenvalue weighted by Crippen LogP contribution is 2.36. The predicted molar refractivity (Wildman–Crippen MR) is 133 cm³/mol. The lowest BCUT2D eigenvalue weighted by molar-refractivity contribution is 0.547. The Morgan fingerprint density at radius 2 is 1.97 bits per heavy atom. The van der Waals surface area contributed by atoms with Crippen LogP contribution in [0.3, 0.4) is 0 Å². The summed E-state index contributed by atoms with van der Waals surface area (Å²) in [6.07, 6.45) is 4.79. The molecule has 4 N–H and O–H groups in total. The van der Waals surface area contributed by atoms with E-state index in [0.717, 1.165) is 46.9 Å². The number of H-pyrrole nitrogens is 1. The van der Waals surface area contributed by atoms with E-state index in [2.05, 4.69) is 85.5 Å². The van der Waals surface area contributed by atoms with Crippen LogP contribution in [-0.4, -0.2) is 34.1 Å². The van der Waals surface area contributed by atoms with Gasteiger partial charge in [-0.2, -0.15) is 0 Å². The number of hydrogen-bond donors (Lipinski definition) is 4. The van der Waals surface area contributed by atoms with Gasteiger partial charge >= 0.3 is 0 Å². The highest BCUT2D eigenvalue weighted by Gasteiger charge is 2.14. The molecular formula is C25H24N6S. The second-order valence-corrected chi connectivity index (χ2v) is 9.27. The number of anilines is 2. The maximum absolute atomic E-state index is 4.52. The third-order valence-electron chi connectivity index (χ3n) is 6.02. The first kappa shape index (κ1) is 19.4. The summed E-state index contributed by atoms with van der Waals surface area (Å²) in [5.74, 6) is 0.840. The summed E-state index contributed by atoms with van der Waals surface area (Å²) < 4.78 is 1.07. The molecule has 1 saturated heterocycles. The second kappa shape index (κ2) is 8.35. The first-order valence-electron chi connectivity index (χ1n) is 10.9. The fourth-order valence-electron chi connectivity index (χ4n) is 4.23. The van der Waals surface area contributed by atoms with Gasteiger partial charge in [0, 0.05) is 46.8 Å². The lowest BCUT2D eigenvalue weighted by atomic mass is 10.1. The van der Waals surface area contributed by atoms with Crippen molar-refractivity contribution in [1.82, 2.24) is 25.6 Å². The van der Waals surface area contributed by atoms with E-state index in [9.17, 15) is 0 Å². The number of aromatic nitrogens is 3.